The first-order valence-corrected chi connectivity index (χ1v) is 7.39. The average molecular weight is 337 g/mol. The van der Waals surface area contributed by atoms with E-state index in [0.29, 0.717) is 21.4 Å². The van der Waals surface area contributed by atoms with E-state index in [2.05, 4.69) is 10.6 Å². The molecule has 0 aliphatic rings. The Morgan fingerprint density at radius 2 is 1.00 bits per heavy atom. The van der Waals surface area contributed by atoms with Gasteiger partial charge in [-0.2, -0.15) is 0 Å². The van der Waals surface area contributed by atoms with Gasteiger partial charge in [0.15, 0.2) is 0 Å². The second-order valence-electron chi connectivity index (χ2n) is 4.61. The Morgan fingerprint density at radius 1 is 0.682 bits per heavy atom. The molecule has 0 saturated heterocycles. The maximum absolute atomic E-state index is 11.8. The number of anilines is 2. The lowest BCUT2D eigenvalue weighted by Crippen LogP contribution is -2.17. The zero-order valence-electron chi connectivity index (χ0n) is 11.6. The largest absolute Gasteiger partial charge is 0.326 e. The number of carbonyl (C=O) groups excluding carboxylic acids is 2. The SMILES string of the molecule is O=C(CCC(=O)Nc1ccc(Cl)cc1)Nc1ccc(Cl)cc1. The normalized spacial score (nSPS) is 10.1. The molecule has 22 heavy (non-hydrogen) atoms. The summed E-state index contributed by atoms with van der Waals surface area (Å²) in [6.45, 7) is 0. The molecule has 0 bridgehead atoms. The average Bonchev–Trinajstić information content (AvgIpc) is 2.50. The Balaban J connectivity index is 1.76. The van der Waals surface area contributed by atoms with E-state index in [1.807, 2.05) is 0 Å². The number of benzene rings is 2. The van der Waals surface area contributed by atoms with Crippen LogP contribution in [0.25, 0.3) is 0 Å². The van der Waals surface area contributed by atoms with Crippen molar-refractivity contribution >= 4 is 46.4 Å². The number of carbonyl (C=O) groups is 2. The van der Waals surface area contributed by atoms with Gasteiger partial charge >= 0.3 is 0 Å². The minimum absolute atomic E-state index is 0.0993. The molecule has 2 N–H and O–H groups in total. The minimum Gasteiger partial charge on any atom is -0.326 e. The molecule has 0 heterocycles. The standard InChI is InChI=1S/C16H14Cl2N2O2/c17-11-1-5-13(6-2-11)19-15(21)9-10-16(22)20-14-7-3-12(18)4-8-14/h1-8H,9-10H2,(H,19,21)(H,20,22). The quantitative estimate of drug-likeness (QED) is 0.852. The van der Waals surface area contributed by atoms with Gasteiger partial charge in [0.2, 0.25) is 11.8 Å². The van der Waals surface area contributed by atoms with Crippen LogP contribution in [0.4, 0.5) is 11.4 Å². The number of nitrogens with one attached hydrogen (secondary N) is 2. The van der Waals surface area contributed by atoms with Gasteiger partial charge in [0.05, 0.1) is 0 Å². The van der Waals surface area contributed by atoms with Crippen LogP contribution in [-0.2, 0) is 9.59 Å². The second-order valence-corrected chi connectivity index (χ2v) is 5.48. The highest BCUT2D eigenvalue weighted by molar-refractivity contribution is 6.31. The lowest BCUT2D eigenvalue weighted by molar-refractivity contribution is -0.121. The molecule has 0 radical (unpaired) electrons. The van der Waals surface area contributed by atoms with Gasteiger partial charge in [-0.25, -0.2) is 0 Å². The lowest BCUT2D eigenvalue weighted by atomic mass is 10.2. The Morgan fingerprint density at radius 3 is 1.32 bits per heavy atom. The molecule has 0 aliphatic heterocycles. The molecule has 0 fully saturated rings. The summed E-state index contributed by atoms with van der Waals surface area (Å²) in [5, 5.41) is 6.60. The van der Waals surface area contributed by atoms with Gasteiger partial charge in [-0.15, -0.1) is 0 Å². The number of halogens is 2. The minimum atomic E-state index is -0.228. The molecule has 114 valence electrons. The molecule has 2 rings (SSSR count). The Bertz CT molecular complexity index is 595. The van der Waals surface area contributed by atoms with Gasteiger partial charge in [-0.3, -0.25) is 9.59 Å². The molecule has 0 aromatic heterocycles. The third-order valence-electron chi connectivity index (χ3n) is 2.84. The number of hydrogen-bond acceptors (Lipinski definition) is 2. The van der Waals surface area contributed by atoms with Crippen LogP contribution in [0.5, 0.6) is 0 Å². The molecular weight excluding hydrogens is 323 g/mol. The summed E-state index contributed by atoms with van der Waals surface area (Å²) in [6.07, 6.45) is 0.199. The number of amides is 2. The fourth-order valence-corrected chi connectivity index (χ4v) is 1.99. The molecule has 2 amide bonds. The molecule has 2 aromatic carbocycles. The predicted molar refractivity (Wildman–Crippen MR) is 89.4 cm³/mol. The molecule has 2 aromatic rings. The van der Waals surface area contributed by atoms with Crippen molar-refractivity contribution in [2.75, 3.05) is 10.6 Å². The smallest absolute Gasteiger partial charge is 0.224 e. The van der Waals surface area contributed by atoms with Crippen LogP contribution in [0, 0.1) is 0 Å². The highest BCUT2D eigenvalue weighted by atomic mass is 35.5. The summed E-state index contributed by atoms with van der Waals surface area (Å²) < 4.78 is 0. The van der Waals surface area contributed by atoms with Crippen molar-refractivity contribution in [2.24, 2.45) is 0 Å². The second kappa shape index (κ2) is 7.82. The molecule has 0 atom stereocenters. The molecule has 4 nitrogen and oxygen atoms in total. The topological polar surface area (TPSA) is 58.2 Å². The fourth-order valence-electron chi connectivity index (χ4n) is 1.74. The fraction of sp³-hybridized carbons (Fsp3) is 0.125. The van der Waals surface area contributed by atoms with Gasteiger partial charge in [0, 0.05) is 34.3 Å². The molecule has 0 saturated carbocycles. The predicted octanol–water partition coefficient (Wildman–Crippen LogP) is 4.35. The van der Waals surface area contributed by atoms with Crippen LogP contribution in [0.3, 0.4) is 0 Å². The van der Waals surface area contributed by atoms with Crippen molar-refractivity contribution in [3.05, 3.63) is 58.6 Å². The van der Waals surface area contributed by atoms with Crippen molar-refractivity contribution in [2.45, 2.75) is 12.8 Å². The summed E-state index contributed by atoms with van der Waals surface area (Å²) in [7, 11) is 0. The summed E-state index contributed by atoms with van der Waals surface area (Å²) >= 11 is 11.5. The Hall–Kier alpha value is -2.04. The maximum Gasteiger partial charge on any atom is 0.224 e. The van der Waals surface area contributed by atoms with Crippen molar-refractivity contribution in [1.29, 1.82) is 0 Å². The highest BCUT2D eigenvalue weighted by Crippen LogP contribution is 2.15. The first kappa shape index (κ1) is 16.3. The van der Waals surface area contributed by atoms with Crippen LogP contribution in [-0.4, -0.2) is 11.8 Å². The van der Waals surface area contributed by atoms with Crippen LogP contribution in [0.15, 0.2) is 48.5 Å². The molecule has 0 unspecified atom stereocenters. The van der Waals surface area contributed by atoms with Gasteiger partial charge in [0.25, 0.3) is 0 Å². The molecule has 0 spiro atoms. The van der Waals surface area contributed by atoms with Gasteiger partial charge in [-0.1, -0.05) is 23.2 Å². The maximum atomic E-state index is 11.8. The van der Waals surface area contributed by atoms with Crippen molar-refractivity contribution in [3.8, 4) is 0 Å². The Kier molecular flexibility index (Phi) is 5.81. The zero-order chi connectivity index (χ0) is 15.9. The first-order chi connectivity index (χ1) is 10.5. The summed E-state index contributed by atoms with van der Waals surface area (Å²) in [5.74, 6) is -0.456. The van der Waals surface area contributed by atoms with E-state index in [1.165, 1.54) is 0 Å². The summed E-state index contributed by atoms with van der Waals surface area (Å²) in [5.41, 5.74) is 1.29. The van der Waals surface area contributed by atoms with Crippen molar-refractivity contribution in [3.63, 3.8) is 0 Å². The molecule has 0 aliphatic carbocycles. The molecular formula is C16H14Cl2N2O2. The lowest BCUT2D eigenvalue weighted by Gasteiger charge is -2.06. The van der Waals surface area contributed by atoms with Gasteiger partial charge < -0.3 is 10.6 Å². The van der Waals surface area contributed by atoms with Gasteiger partial charge in [0.1, 0.15) is 0 Å². The zero-order valence-corrected chi connectivity index (χ0v) is 13.1. The number of rotatable bonds is 5. The van der Waals surface area contributed by atoms with E-state index in [4.69, 9.17) is 23.2 Å². The van der Waals surface area contributed by atoms with Gasteiger partial charge in [-0.05, 0) is 48.5 Å². The summed E-state index contributed by atoms with van der Waals surface area (Å²) in [4.78, 5) is 23.5. The summed E-state index contributed by atoms with van der Waals surface area (Å²) in [6, 6.07) is 13.5. The van der Waals surface area contributed by atoms with Crippen LogP contribution in [0.1, 0.15) is 12.8 Å². The Labute approximate surface area is 138 Å². The molecule has 6 heteroatoms. The first-order valence-electron chi connectivity index (χ1n) is 6.64. The van der Waals surface area contributed by atoms with E-state index >= 15 is 0 Å². The van der Waals surface area contributed by atoms with Crippen molar-refractivity contribution in [1.82, 2.24) is 0 Å². The monoisotopic (exact) mass is 336 g/mol. The van der Waals surface area contributed by atoms with E-state index in [1.54, 1.807) is 48.5 Å². The third-order valence-corrected chi connectivity index (χ3v) is 3.34. The third kappa shape index (κ3) is 5.39. The van der Waals surface area contributed by atoms with Crippen LogP contribution < -0.4 is 10.6 Å². The van der Waals surface area contributed by atoms with Crippen LogP contribution >= 0.6 is 23.2 Å². The number of hydrogen-bond donors (Lipinski definition) is 2. The van der Waals surface area contributed by atoms with E-state index < -0.39 is 0 Å². The van der Waals surface area contributed by atoms with Crippen LogP contribution in [0.2, 0.25) is 10.0 Å². The van der Waals surface area contributed by atoms with E-state index in [0.717, 1.165) is 0 Å². The highest BCUT2D eigenvalue weighted by Gasteiger charge is 2.07. The van der Waals surface area contributed by atoms with Crippen molar-refractivity contribution < 1.29 is 9.59 Å². The van der Waals surface area contributed by atoms with E-state index in [9.17, 15) is 9.59 Å². The van der Waals surface area contributed by atoms with E-state index in [-0.39, 0.29) is 24.7 Å².